The Labute approximate surface area is 64.7 Å². The van der Waals surface area contributed by atoms with Gasteiger partial charge in [-0.3, -0.25) is 0 Å². The van der Waals surface area contributed by atoms with Crippen molar-refractivity contribution in [2.75, 3.05) is 13.2 Å². The molecule has 1 aliphatic heterocycles. The van der Waals surface area contributed by atoms with E-state index >= 15 is 0 Å². The molecule has 0 aromatic heterocycles. The number of esters is 1. The number of carbonyl (C=O) groups excluding carboxylic acids is 1. The van der Waals surface area contributed by atoms with Gasteiger partial charge in [-0.25, -0.2) is 4.79 Å². The highest BCUT2D eigenvalue weighted by Gasteiger charge is 2.09. The van der Waals surface area contributed by atoms with E-state index in [-0.39, 0.29) is 19.2 Å². The molecule has 0 saturated carbocycles. The molecule has 1 N–H and O–H groups in total. The first kappa shape index (κ1) is 7.83. The van der Waals surface area contributed by atoms with E-state index < -0.39 is 0 Å². The van der Waals surface area contributed by atoms with Crippen LogP contribution in [0.25, 0.3) is 0 Å². The van der Waals surface area contributed by atoms with E-state index in [1.165, 1.54) is 6.08 Å². The highest BCUT2D eigenvalue weighted by atomic mass is 16.5. The number of cyclic esters (lactones) is 1. The van der Waals surface area contributed by atoms with Crippen molar-refractivity contribution in [1.29, 1.82) is 0 Å². The van der Waals surface area contributed by atoms with Crippen molar-refractivity contribution in [3.63, 3.8) is 0 Å². The zero-order valence-electron chi connectivity index (χ0n) is 5.96. The number of carbonyl (C=O) groups is 1. The van der Waals surface area contributed by atoms with Gasteiger partial charge in [0.2, 0.25) is 0 Å². The molecule has 1 aliphatic rings. The van der Waals surface area contributed by atoms with Crippen LogP contribution in [0.15, 0.2) is 11.6 Å². The van der Waals surface area contributed by atoms with E-state index in [1.54, 1.807) is 0 Å². The summed E-state index contributed by atoms with van der Waals surface area (Å²) >= 11 is 0. The van der Waals surface area contributed by atoms with Crippen LogP contribution in [0.4, 0.5) is 0 Å². The molecule has 0 spiro atoms. The van der Waals surface area contributed by atoms with Gasteiger partial charge >= 0.3 is 5.97 Å². The van der Waals surface area contributed by atoms with Crippen molar-refractivity contribution in [3.8, 4) is 11.8 Å². The van der Waals surface area contributed by atoms with Crippen LogP contribution in [0.2, 0.25) is 0 Å². The number of rotatable bonds is 1. The molecule has 0 aromatic carbocycles. The van der Waals surface area contributed by atoms with Gasteiger partial charge in [-0.1, -0.05) is 11.8 Å². The molecule has 11 heavy (non-hydrogen) atoms. The summed E-state index contributed by atoms with van der Waals surface area (Å²) in [7, 11) is 0. The smallest absolute Gasteiger partial charge is 0.332 e. The summed E-state index contributed by atoms with van der Waals surface area (Å²) < 4.78 is 4.60. The molecule has 3 heteroatoms. The quantitative estimate of drug-likeness (QED) is 0.420. The van der Waals surface area contributed by atoms with Crippen LogP contribution in [-0.4, -0.2) is 24.3 Å². The van der Waals surface area contributed by atoms with E-state index in [2.05, 4.69) is 16.6 Å². The summed E-state index contributed by atoms with van der Waals surface area (Å²) in [6.07, 6.45) is 1.80. The lowest BCUT2D eigenvalue weighted by molar-refractivity contribution is -0.134. The Bertz CT molecular complexity index is 242. The van der Waals surface area contributed by atoms with Gasteiger partial charge in [0.05, 0.1) is 6.61 Å². The molecule has 0 amide bonds. The van der Waals surface area contributed by atoms with Gasteiger partial charge < -0.3 is 9.84 Å². The highest BCUT2D eigenvalue weighted by molar-refractivity contribution is 5.86. The van der Waals surface area contributed by atoms with Crippen molar-refractivity contribution in [2.45, 2.75) is 6.42 Å². The van der Waals surface area contributed by atoms with Crippen LogP contribution in [0.5, 0.6) is 0 Å². The lowest BCUT2D eigenvalue weighted by Crippen LogP contribution is -1.90. The second-order valence-corrected chi connectivity index (χ2v) is 2.05. The van der Waals surface area contributed by atoms with Gasteiger partial charge in [-0.15, -0.1) is 0 Å². The Morgan fingerprint density at radius 1 is 1.73 bits per heavy atom. The second-order valence-electron chi connectivity index (χ2n) is 2.05. The summed E-state index contributed by atoms with van der Waals surface area (Å²) in [6, 6.07) is 0. The third-order valence-corrected chi connectivity index (χ3v) is 1.15. The average molecular weight is 152 g/mol. The fourth-order valence-corrected chi connectivity index (χ4v) is 0.679. The summed E-state index contributed by atoms with van der Waals surface area (Å²) in [4.78, 5) is 10.5. The van der Waals surface area contributed by atoms with Crippen molar-refractivity contribution in [3.05, 3.63) is 11.6 Å². The first-order chi connectivity index (χ1) is 5.33. The van der Waals surface area contributed by atoms with E-state index in [4.69, 9.17) is 5.11 Å². The Balaban J connectivity index is 2.45. The van der Waals surface area contributed by atoms with Crippen LogP contribution in [0.1, 0.15) is 6.42 Å². The molecular formula is C8H8O3. The predicted molar refractivity (Wildman–Crippen MR) is 38.5 cm³/mol. The van der Waals surface area contributed by atoms with Crippen molar-refractivity contribution < 1.29 is 14.6 Å². The van der Waals surface area contributed by atoms with Gasteiger partial charge in [-0.05, 0) is 0 Å². The molecule has 0 atom stereocenters. The largest absolute Gasteiger partial charge is 0.457 e. The number of aliphatic hydroxyl groups is 1. The summed E-state index contributed by atoms with van der Waals surface area (Å²) in [6.45, 7) is 0.326. The normalized spacial score (nSPS) is 15.0. The number of ether oxygens (including phenoxy) is 1. The third-order valence-electron chi connectivity index (χ3n) is 1.15. The van der Waals surface area contributed by atoms with Crippen LogP contribution in [-0.2, 0) is 9.53 Å². The molecule has 0 bridgehead atoms. The van der Waals surface area contributed by atoms with Crippen LogP contribution < -0.4 is 0 Å². The van der Waals surface area contributed by atoms with Gasteiger partial charge in [0.25, 0.3) is 0 Å². The zero-order valence-corrected chi connectivity index (χ0v) is 5.96. The Kier molecular flexibility index (Phi) is 2.70. The molecule has 0 unspecified atom stereocenters. The average Bonchev–Trinajstić information content (AvgIpc) is 2.37. The van der Waals surface area contributed by atoms with Gasteiger partial charge in [0.15, 0.2) is 0 Å². The molecule has 1 rings (SSSR count). The standard InChI is InChI=1S/C8H8O3/c9-4-2-1-3-7-5-8(10)11-6-7/h5,9H,2,4,6H2. The van der Waals surface area contributed by atoms with E-state index in [1.807, 2.05) is 0 Å². The summed E-state index contributed by atoms with van der Waals surface area (Å²) in [5.74, 6) is 5.08. The number of hydrogen-bond acceptors (Lipinski definition) is 3. The predicted octanol–water partition coefficient (Wildman–Crippen LogP) is -0.145. The number of aliphatic hydroxyl groups excluding tert-OH is 1. The van der Waals surface area contributed by atoms with Crippen LogP contribution in [0.3, 0.4) is 0 Å². The van der Waals surface area contributed by atoms with Crippen molar-refractivity contribution in [2.24, 2.45) is 0 Å². The molecule has 58 valence electrons. The van der Waals surface area contributed by atoms with Crippen molar-refractivity contribution in [1.82, 2.24) is 0 Å². The van der Waals surface area contributed by atoms with E-state index in [9.17, 15) is 4.79 Å². The minimum absolute atomic E-state index is 0.0507. The zero-order chi connectivity index (χ0) is 8.10. The monoisotopic (exact) mass is 152 g/mol. The fraction of sp³-hybridized carbons (Fsp3) is 0.375. The SMILES string of the molecule is O=C1C=C(C#CCCO)CO1. The first-order valence-corrected chi connectivity index (χ1v) is 3.30. The van der Waals surface area contributed by atoms with Gasteiger partial charge in [-0.2, -0.15) is 0 Å². The van der Waals surface area contributed by atoms with E-state index in [0.717, 1.165) is 0 Å². The molecular weight excluding hydrogens is 144 g/mol. The van der Waals surface area contributed by atoms with Gasteiger partial charge in [0.1, 0.15) is 6.61 Å². The molecule has 0 saturated heterocycles. The van der Waals surface area contributed by atoms with Crippen LogP contribution >= 0.6 is 0 Å². The summed E-state index contributed by atoms with van der Waals surface area (Å²) in [5.41, 5.74) is 0.684. The number of hydrogen-bond donors (Lipinski definition) is 1. The first-order valence-electron chi connectivity index (χ1n) is 3.30. The molecule has 1 heterocycles. The fourth-order valence-electron chi connectivity index (χ4n) is 0.679. The Morgan fingerprint density at radius 2 is 2.55 bits per heavy atom. The molecule has 0 fully saturated rings. The van der Waals surface area contributed by atoms with E-state index in [0.29, 0.717) is 12.0 Å². The lowest BCUT2D eigenvalue weighted by Gasteiger charge is -1.86. The molecule has 0 aliphatic carbocycles. The molecule has 3 nitrogen and oxygen atoms in total. The topological polar surface area (TPSA) is 46.5 Å². The highest BCUT2D eigenvalue weighted by Crippen LogP contribution is 2.03. The van der Waals surface area contributed by atoms with Crippen molar-refractivity contribution >= 4 is 5.97 Å². The maximum Gasteiger partial charge on any atom is 0.332 e. The lowest BCUT2D eigenvalue weighted by atomic mass is 10.3. The molecule has 0 aromatic rings. The Morgan fingerprint density at radius 3 is 3.09 bits per heavy atom. The maximum absolute atomic E-state index is 10.5. The summed E-state index contributed by atoms with van der Waals surface area (Å²) in [5, 5.41) is 8.37. The Hall–Kier alpha value is -1.27. The van der Waals surface area contributed by atoms with Crippen LogP contribution in [0, 0.1) is 11.8 Å². The minimum Gasteiger partial charge on any atom is -0.457 e. The minimum atomic E-state index is -0.335. The molecule has 0 radical (unpaired) electrons. The third kappa shape index (κ3) is 2.44. The van der Waals surface area contributed by atoms with Gasteiger partial charge in [0, 0.05) is 18.1 Å². The maximum atomic E-state index is 10.5. The second kappa shape index (κ2) is 3.79.